The molecule has 0 amide bonds. The van der Waals surface area contributed by atoms with Crippen LogP contribution >= 0.6 is 15.6 Å². The highest BCUT2D eigenvalue weighted by Crippen LogP contribution is 2.45. The number of rotatable bonds is 56. The second-order valence-electron chi connectivity index (χ2n) is 21.4. The number of esters is 4. The summed E-state index contributed by atoms with van der Waals surface area (Å²) in [7, 11) is -9.86. The number of carbonyl (C=O) groups is 4. The lowest BCUT2D eigenvalue weighted by Crippen LogP contribution is -2.30. The van der Waals surface area contributed by atoms with E-state index in [4.69, 9.17) is 37.0 Å². The van der Waals surface area contributed by atoms with Crippen molar-refractivity contribution in [3.63, 3.8) is 0 Å². The van der Waals surface area contributed by atoms with Crippen LogP contribution in [0.4, 0.5) is 0 Å². The first-order valence-corrected chi connectivity index (χ1v) is 33.0. The zero-order chi connectivity index (χ0) is 56.6. The average Bonchev–Trinajstić information content (AvgIpc) is 3.38. The summed E-state index contributed by atoms with van der Waals surface area (Å²) < 4.78 is 67.5. The van der Waals surface area contributed by atoms with Gasteiger partial charge in [-0.15, -0.1) is 0 Å². The van der Waals surface area contributed by atoms with Gasteiger partial charge >= 0.3 is 39.5 Å². The largest absolute Gasteiger partial charge is 0.472 e. The number of hydrogen-bond acceptors (Lipinski definition) is 15. The van der Waals surface area contributed by atoms with Crippen molar-refractivity contribution in [2.45, 2.75) is 291 Å². The fourth-order valence-corrected chi connectivity index (χ4v) is 9.84. The van der Waals surface area contributed by atoms with Gasteiger partial charge in [-0.1, -0.05) is 221 Å². The molecule has 0 aliphatic rings. The molecule has 19 heteroatoms. The molecule has 3 unspecified atom stereocenters. The highest BCUT2D eigenvalue weighted by molar-refractivity contribution is 7.47. The number of phosphoric acid groups is 2. The minimum atomic E-state index is -4.94. The van der Waals surface area contributed by atoms with Crippen LogP contribution in [0.2, 0.25) is 0 Å². The van der Waals surface area contributed by atoms with Crippen molar-refractivity contribution in [2.24, 2.45) is 11.8 Å². The monoisotopic (exact) mass is 1130 g/mol. The van der Waals surface area contributed by atoms with E-state index in [2.05, 4.69) is 41.5 Å². The molecule has 0 aromatic heterocycles. The van der Waals surface area contributed by atoms with E-state index in [1.54, 1.807) is 0 Å². The highest BCUT2D eigenvalue weighted by atomic mass is 31.2. The van der Waals surface area contributed by atoms with E-state index in [-0.39, 0.29) is 25.7 Å². The van der Waals surface area contributed by atoms with E-state index >= 15 is 0 Å². The van der Waals surface area contributed by atoms with E-state index in [0.717, 1.165) is 128 Å². The third-order valence-corrected chi connectivity index (χ3v) is 15.2. The Morgan fingerprint density at radius 3 is 1.00 bits per heavy atom. The third kappa shape index (κ3) is 50.3. The van der Waals surface area contributed by atoms with Crippen molar-refractivity contribution >= 4 is 39.5 Å². The molecule has 0 fully saturated rings. The van der Waals surface area contributed by atoms with E-state index in [1.807, 2.05) is 0 Å². The van der Waals surface area contributed by atoms with Crippen LogP contribution in [0.5, 0.6) is 0 Å². The van der Waals surface area contributed by atoms with Crippen LogP contribution in [-0.2, 0) is 65.4 Å². The highest BCUT2D eigenvalue weighted by Gasteiger charge is 2.30. The van der Waals surface area contributed by atoms with Crippen LogP contribution in [0.3, 0.4) is 0 Å². The zero-order valence-corrected chi connectivity index (χ0v) is 50.3. The molecule has 0 aromatic rings. The van der Waals surface area contributed by atoms with Gasteiger partial charge in [-0.2, -0.15) is 0 Å². The average molecular weight is 1130 g/mol. The minimum Gasteiger partial charge on any atom is -0.462 e. The van der Waals surface area contributed by atoms with E-state index in [1.165, 1.54) is 57.8 Å². The van der Waals surface area contributed by atoms with Gasteiger partial charge in [0.2, 0.25) is 0 Å². The van der Waals surface area contributed by atoms with Crippen LogP contribution < -0.4 is 0 Å². The molecule has 0 saturated heterocycles. The SMILES string of the molecule is CCCCCCCCCC(=O)OC[C@H](COP(=O)(O)OC[C@H](O)COP(=O)(O)OC[C@@H](COC(=O)CCCCCCCCCC(C)C)OC(=O)CCCCCCCCCCC(C)CC)OC(=O)CCCCCCCCC. The molecular formula is C57H110O17P2. The van der Waals surface area contributed by atoms with Gasteiger partial charge in [0.05, 0.1) is 26.4 Å². The maximum Gasteiger partial charge on any atom is 0.472 e. The Balaban J connectivity index is 5.21. The number of unbranched alkanes of at least 4 members (excludes halogenated alkanes) is 25. The number of hydrogen-bond donors (Lipinski definition) is 3. The topological polar surface area (TPSA) is 237 Å². The normalized spacial score (nSPS) is 14.9. The van der Waals surface area contributed by atoms with E-state index in [9.17, 15) is 43.2 Å². The lowest BCUT2D eigenvalue weighted by molar-refractivity contribution is -0.161. The first-order valence-electron chi connectivity index (χ1n) is 30.0. The summed E-state index contributed by atoms with van der Waals surface area (Å²) >= 11 is 0. The van der Waals surface area contributed by atoms with Crippen molar-refractivity contribution in [1.29, 1.82) is 0 Å². The summed E-state index contributed by atoms with van der Waals surface area (Å²) in [4.78, 5) is 71.6. The quantitative estimate of drug-likeness (QED) is 0.0222. The molecule has 0 aromatic carbocycles. The minimum absolute atomic E-state index is 0.103. The van der Waals surface area contributed by atoms with Gasteiger partial charge in [0, 0.05) is 25.7 Å². The third-order valence-electron chi connectivity index (χ3n) is 13.3. The summed E-state index contributed by atoms with van der Waals surface area (Å²) in [5.74, 6) is -0.680. The Bertz CT molecular complexity index is 1520. The molecule has 6 atom stereocenters. The molecule has 0 bridgehead atoms. The number of aliphatic hydroxyl groups is 1. The molecule has 0 heterocycles. The van der Waals surface area contributed by atoms with Gasteiger partial charge in [0.15, 0.2) is 12.2 Å². The molecule has 450 valence electrons. The first-order chi connectivity index (χ1) is 36.4. The second kappa shape index (κ2) is 50.1. The summed E-state index contributed by atoms with van der Waals surface area (Å²) in [5, 5.41) is 10.5. The number of phosphoric ester groups is 2. The van der Waals surface area contributed by atoms with Crippen molar-refractivity contribution in [2.75, 3.05) is 39.6 Å². The van der Waals surface area contributed by atoms with Gasteiger partial charge in [-0.05, 0) is 37.5 Å². The van der Waals surface area contributed by atoms with Crippen LogP contribution in [0.15, 0.2) is 0 Å². The van der Waals surface area contributed by atoms with Gasteiger partial charge in [-0.3, -0.25) is 37.3 Å². The van der Waals surface area contributed by atoms with Crippen molar-refractivity contribution < 1.29 is 80.2 Å². The zero-order valence-electron chi connectivity index (χ0n) is 48.5. The van der Waals surface area contributed by atoms with Crippen LogP contribution in [0, 0.1) is 11.8 Å². The van der Waals surface area contributed by atoms with Crippen molar-refractivity contribution in [1.82, 2.24) is 0 Å². The van der Waals surface area contributed by atoms with Crippen LogP contribution in [0.25, 0.3) is 0 Å². The van der Waals surface area contributed by atoms with Gasteiger partial charge in [-0.25, -0.2) is 9.13 Å². The molecule has 0 rings (SSSR count). The Morgan fingerprint density at radius 1 is 0.382 bits per heavy atom. The molecule has 76 heavy (non-hydrogen) atoms. The van der Waals surface area contributed by atoms with E-state index < -0.39 is 97.5 Å². The first kappa shape index (κ1) is 74.1. The fourth-order valence-electron chi connectivity index (χ4n) is 8.26. The van der Waals surface area contributed by atoms with Gasteiger partial charge in [0.1, 0.15) is 19.3 Å². The number of carbonyl (C=O) groups excluding carboxylic acids is 4. The van der Waals surface area contributed by atoms with Gasteiger partial charge < -0.3 is 33.8 Å². The summed E-state index contributed by atoms with van der Waals surface area (Å²) in [6.45, 7) is 9.29. The maximum atomic E-state index is 12.9. The summed E-state index contributed by atoms with van der Waals surface area (Å²) in [6.07, 6.45) is 29.6. The molecule has 3 N–H and O–H groups in total. The smallest absolute Gasteiger partial charge is 0.462 e. The maximum absolute atomic E-state index is 12.9. The predicted molar refractivity (Wildman–Crippen MR) is 298 cm³/mol. The Kier molecular flexibility index (Phi) is 48.8. The van der Waals surface area contributed by atoms with Crippen molar-refractivity contribution in [3.05, 3.63) is 0 Å². The molecule has 0 aliphatic heterocycles. The molecule has 17 nitrogen and oxygen atoms in total. The van der Waals surface area contributed by atoms with Crippen molar-refractivity contribution in [3.8, 4) is 0 Å². The number of aliphatic hydroxyl groups excluding tert-OH is 1. The fraction of sp³-hybridized carbons (Fsp3) is 0.930. The Morgan fingerprint density at radius 2 is 0.671 bits per heavy atom. The molecular weight excluding hydrogens is 1020 g/mol. The summed E-state index contributed by atoms with van der Waals surface area (Å²) in [6, 6.07) is 0. The summed E-state index contributed by atoms with van der Waals surface area (Å²) in [5.41, 5.74) is 0. The molecule has 0 aliphatic carbocycles. The lowest BCUT2D eigenvalue weighted by atomic mass is 9.99. The van der Waals surface area contributed by atoms with Crippen LogP contribution in [0.1, 0.15) is 273 Å². The Hall–Kier alpha value is -1.94. The molecule has 0 saturated carbocycles. The second-order valence-corrected chi connectivity index (χ2v) is 24.3. The Labute approximate surface area is 460 Å². The van der Waals surface area contributed by atoms with Gasteiger partial charge in [0.25, 0.3) is 0 Å². The van der Waals surface area contributed by atoms with Crippen LogP contribution in [-0.4, -0.2) is 96.7 Å². The standard InChI is InChI=1S/C57H110O17P2/c1-7-10-12-14-19-27-33-39-54(59)67-45-52(73-56(61)41-35-29-20-15-13-11-8-2)47-71-75(63,64)69-43-51(58)44-70-76(65,66)72-48-53(46-68-55(60)40-34-28-24-18-21-25-31-37-49(4)5)74-57(62)42-36-30-23-17-16-22-26-32-38-50(6)9-3/h49-53,58H,7-48H2,1-6H3,(H,63,64)(H,65,66)/t50?,51-,52+,53+/m0/s1. The number of ether oxygens (including phenoxy) is 4. The lowest BCUT2D eigenvalue weighted by Gasteiger charge is -2.21. The molecule has 0 radical (unpaired) electrons. The predicted octanol–water partition coefficient (Wildman–Crippen LogP) is 14.9. The molecule has 0 spiro atoms. The van der Waals surface area contributed by atoms with E-state index in [0.29, 0.717) is 31.6 Å².